The number of anilines is 1. The molecule has 4 N–H and O–H groups in total. The lowest BCUT2D eigenvalue weighted by molar-refractivity contribution is -0.124. The Morgan fingerprint density at radius 2 is 1.85 bits per heavy atom. The molecule has 3 rings (SSSR count). The van der Waals surface area contributed by atoms with Gasteiger partial charge in [0.15, 0.2) is 0 Å². The number of nitrogens with one attached hydrogen (secondary N) is 1. The first-order valence-electron chi connectivity index (χ1n) is 13.8. The molecule has 0 bridgehead atoms. The number of aliphatic hydroxyl groups is 1. The molecular weight excluding hydrogens is 532 g/mol. The number of carbonyl (C=O) groups is 1. The van der Waals surface area contributed by atoms with Crippen LogP contribution in [0.4, 0.5) is 5.69 Å². The van der Waals surface area contributed by atoms with Crippen molar-refractivity contribution in [1.29, 1.82) is 0 Å². The van der Waals surface area contributed by atoms with Gasteiger partial charge in [0, 0.05) is 45.1 Å². The molecule has 2 aromatic rings. The number of carbonyl (C=O) groups excluding carboxylic acids is 1. The molecule has 1 amide bonds. The van der Waals surface area contributed by atoms with Gasteiger partial charge in [-0.3, -0.25) is 9.69 Å². The lowest BCUT2D eigenvalue weighted by Gasteiger charge is -2.32. The van der Waals surface area contributed by atoms with Crippen molar-refractivity contribution in [1.82, 2.24) is 14.5 Å². The molecule has 3 atom stereocenters. The van der Waals surface area contributed by atoms with E-state index in [1.54, 1.807) is 19.2 Å². The molecule has 2 aromatic carbocycles. The van der Waals surface area contributed by atoms with Gasteiger partial charge >= 0.3 is 0 Å². The number of ether oxygens (including phenoxy) is 2. The van der Waals surface area contributed by atoms with E-state index in [0.29, 0.717) is 38.5 Å². The molecule has 0 aromatic heterocycles. The van der Waals surface area contributed by atoms with Crippen LogP contribution in [0.25, 0.3) is 0 Å². The fraction of sp³-hybridized carbons (Fsp3) is 0.552. The van der Waals surface area contributed by atoms with E-state index in [0.717, 1.165) is 12.0 Å². The molecule has 0 saturated carbocycles. The summed E-state index contributed by atoms with van der Waals surface area (Å²) in [5.41, 5.74) is 7.14. The number of hydrogen-bond acceptors (Lipinski definition) is 8. The predicted molar refractivity (Wildman–Crippen MR) is 155 cm³/mol. The minimum absolute atomic E-state index is 0.0147. The van der Waals surface area contributed by atoms with Crippen LogP contribution in [0.15, 0.2) is 59.5 Å². The summed E-state index contributed by atoms with van der Waals surface area (Å²) >= 11 is 0. The summed E-state index contributed by atoms with van der Waals surface area (Å²) in [6.07, 6.45) is 0.0180. The number of nitrogens with zero attached hydrogens (tertiary/aromatic N) is 2. The van der Waals surface area contributed by atoms with Gasteiger partial charge in [0.05, 0.1) is 36.8 Å². The normalized spacial score (nSPS) is 17.4. The topological polar surface area (TPSA) is 134 Å². The minimum atomic E-state index is -3.91. The number of nitrogens with two attached hydrogens (primary N) is 1. The molecule has 40 heavy (non-hydrogen) atoms. The molecule has 0 radical (unpaired) electrons. The van der Waals surface area contributed by atoms with Crippen LogP contribution in [0.2, 0.25) is 0 Å². The Labute approximate surface area is 238 Å². The second kappa shape index (κ2) is 15.5. The van der Waals surface area contributed by atoms with Crippen molar-refractivity contribution in [3.8, 4) is 0 Å². The quantitative estimate of drug-likeness (QED) is 0.257. The lowest BCUT2D eigenvalue weighted by Crippen LogP contribution is -2.53. The number of rotatable bonds is 16. The summed E-state index contributed by atoms with van der Waals surface area (Å²) in [5.74, 6) is -0.235. The molecule has 0 spiro atoms. The van der Waals surface area contributed by atoms with Gasteiger partial charge in [0.2, 0.25) is 15.9 Å². The first-order chi connectivity index (χ1) is 19.1. The number of methoxy groups -OCH3 is 1. The second-order valence-corrected chi connectivity index (χ2v) is 12.6. The fourth-order valence-corrected chi connectivity index (χ4v) is 6.42. The highest BCUT2D eigenvalue weighted by Gasteiger charge is 2.32. The highest BCUT2D eigenvalue weighted by atomic mass is 32.2. The van der Waals surface area contributed by atoms with Gasteiger partial charge in [0.1, 0.15) is 0 Å². The molecular formula is C29H44N4O6S. The zero-order valence-electron chi connectivity index (χ0n) is 23.7. The third-order valence-electron chi connectivity index (χ3n) is 6.94. The SMILES string of the molecule is COCCN(CC(=O)N[C@@H](Cc1ccccc1)[C@H](O)CN(CC(C)C)S(=O)(=O)c1ccc(N)cc1)[C@H]1CCOC1. The van der Waals surface area contributed by atoms with Crippen LogP contribution < -0.4 is 11.1 Å². The fourth-order valence-electron chi connectivity index (χ4n) is 4.80. The Balaban J connectivity index is 1.80. The summed E-state index contributed by atoms with van der Waals surface area (Å²) in [5, 5.41) is 14.5. The first-order valence-corrected chi connectivity index (χ1v) is 15.2. The third-order valence-corrected chi connectivity index (χ3v) is 8.78. The second-order valence-electron chi connectivity index (χ2n) is 10.7. The number of amides is 1. The van der Waals surface area contributed by atoms with Gasteiger partial charge in [0.25, 0.3) is 0 Å². The number of aliphatic hydroxyl groups excluding tert-OH is 1. The monoisotopic (exact) mass is 576 g/mol. The summed E-state index contributed by atoms with van der Waals surface area (Å²) in [6, 6.07) is 14.9. The molecule has 0 aliphatic carbocycles. The van der Waals surface area contributed by atoms with Crippen LogP contribution in [-0.2, 0) is 30.7 Å². The van der Waals surface area contributed by atoms with Crippen LogP contribution in [0.1, 0.15) is 25.8 Å². The van der Waals surface area contributed by atoms with Crippen LogP contribution in [0.3, 0.4) is 0 Å². The third kappa shape index (κ3) is 9.53. The summed E-state index contributed by atoms with van der Waals surface area (Å²) in [4.78, 5) is 15.4. The van der Waals surface area contributed by atoms with E-state index in [9.17, 15) is 18.3 Å². The van der Waals surface area contributed by atoms with Crippen molar-refractivity contribution in [3.05, 3.63) is 60.2 Å². The standard InChI is InChI=1S/C29H44N4O6S/c1-22(2)18-33(40(36,37)26-11-9-24(30)10-12-26)19-28(34)27(17-23-7-5-4-6-8-23)31-29(35)20-32(14-16-38-3)25-13-15-39-21-25/h4-12,22,25,27-28,34H,13-21,30H2,1-3H3,(H,31,35)/t25-,27-,28+/m0/s1. The Bertz CT molecular complexity index is 1140. The van der Waals surface area contributed by atoms with Crippen LogP contribution in [0.5, 0.6) is 0 Å². The zero-order chi connectivity index (χ0) is 29.1. The Morgan fingerprint density at radius 1 is 1.15 bits per heavy atom. The summed E-state index contributed by atoms with van der Waals surface area (Å²) in [6.45, 7) is 6.26. The largest absolute Gasteiger partial charge is 0.399 e. The van der Waals surface area contributed by atoms with E-state index in [1.165, 1.54) is 16.4 Å². The molecule has 1 saturated heterocycles. The van der Waals surface area contributed by atoms with Gasteiger partial charge in [-0.05, 0) is 48.6 Å². The van der Waals surface area contributed by atoms with Crippen molar-refractivity contribution in [2.45, 2.75) is 49.8 Å². The average molecular weight is 577 g/mol. The molecule has 0 unspecified atom stereocenters. The Kier molecular flexibility index (Phi) is 12.4. The molecule has 1 heterocycles. The van der Waals surface area contributed by atoms with Gasteiger partial charge in [-0.15, -0.1) is 0 Å². The van der Waals surface area contributed by atoms with Crippen LogP contribution in [-0.4, -0.2) is 99.9 Å². The van der Waals surface area contributed by atoms with Gasteiger partial charge in [-0.1, -0.05) is 44.2 Å². The van der Waals surface area contributed by atoms with Crippen molar-refractivity contribution in [2.75, 3.05) is 58.8 Å². The van der Waals surface area contributed by atoms with Crippen molar-refractivity contribution < 1.29 is 27.8 Å². The van der Waals surface area contributed by atoms with Crippen LogP contribution in [0, 0.1) is 5.92 Å². The van der Waals surface area contributed by atoms with Crippen molar-refractivity contribution in [2.24, 2.45) is 5.92 Å². The highest BCUT2D eigenvalue weighted by molar-refractivity contribution is 7.89. The Morgan fingerprint density at radius 3 is 2.45 bits per heavy atom. The summed E-state index contributed by atoms with van der Waals surface area (Å²) in [7, 11) is -2.29. The van der Waals surface area contributed by atoms with E-state index < -0.39 is 22.2 Å². The minimum Gasteiger partial charge on any atom is -0.399 e. The van der Waals surface area contributed by atoms with E-state index in [4.69, 9.17) is 15.2 Å². The van der Waals surface area contributed by atoms with Crippen molar-refractivity contribution in [3.63, 3.8) is 0 Å². The zero-order valence-corrected chi connectivity index (χ0v) is 24.6. The van der Waals surface area contributed by atoms with Gasteiger partial charge in [-0.25, -0.2) is 8.42 Å². The first kappa shape index (κ1) is 32.0. The molecule has 1 aliphatic heterocycles. The predicted octanol–water partition coefficient (Wildman–Crippen LogP) is 1.74. The van der Waals surface area contributed by atoms with Gasteiger partial charge < -0.3 is 25.6 Å². The molecule has 222 valence electrons. The number of sulfonamides is 1. The maximum absolute atomic E-state index is 13.6. The smallest absolute Gasteiger partial charge is 0.243 e. The number of nitrogen functional groups attached to an aromatic ring is 1. The van der Waals surface area contributed by atoms with E-state index in [-0.39, 0.29) is 42.4 Å². The van der Waals surface area contributed by atoms with E-state index in [2.05, 4.69) is 5.32 Å². The maximum Gasteiger partial charge on any atom is 0.243 e. The average Bonchev–Trinajstić information content (AvgIpc) is 3.46. The lowest BCUT2D eigenvalue weighted by atomic mass is 10.0. The van der Waals surface area contributed by atoms with Crippen molar-refractivity contribution >= 4 is 21.6 Å². The van der Waals surface area contributed by atoms with Gasteiger partial charge in [-0.2, -0.15) is 4.31 Å². The molecule has 1 aliphatic rings. The number of hydrogen-bond donors (Lipinski definition) is 3. The number of benzene rings is 2. The molecule has 11 heteroatoms. The summed E-state index contributed by atoms with van der Waals surface area (Å²) < 4.78 is 39.2. The molecule has 10 nitrogen and oxygen atoms in total. The van der Waals surface area contributed by atoms with Crippen LogP contribution >= 0.6 is 0 Å². The molecule has 1 fully saturated rings. The Hall–Kier alpha value is -2.54. The highest BCUT2D eigenvalue weighted by Crippen LogP contribution is 2.20. The van der Waals surface area contributed by atoms with E-state index >= 15 is 0 Å². The van der Waals surface area contributed by atoms with E-state index in [1.807, 2.05) is 49.1 Å². The maximum atomic E-state index is 13.6.